The fourth-order valence-electron chi connectivity index (χ4n) is 3.11. The van der Waals surface area contributed by atoms with E-state index in [-0.39, 0.29) is 0 Å². The lowest BCUT2D eigenvalue weighted by Gasteiger charge is -2.40. The SMILES string of the molecule is CCC1(C)CCN(c2ccccc2CNCC(C)C)CC1. The highest BCUT2D eigenvalue weighted by Gasteiger charge is 2.28. The molecule has 1 fully saturated rings. The van der Waals surface area contributed by atoms with Gasteiger partial charge < -0.3 is 10.2 Å². The van der Waals surface area contributed by atoms with Gasteiger partial charge in [0, 0.05) is 25.3 Å². The Hall–Kier alpha value is -1.02. The molecule has 1 aromatic rings. The fourth-order valence-corrected chi connectivity index (χ4v) is 3.11. The molecular weight excluding hydrogens is 256 g/mol. The lowest BCUT2D eigenvalue weighted by atomic mass is 9.78. The Kier molecular flexibility index (Phi) is 5.69. The molecule has 0 atom stereocenters. The van der Waals surface area contributed by atoms with E-state index in [1.165, 1.54) is 43.6 Å². The zero-order valence-corrected chi connectivity index (χ0v) is 14.3. The lowest BCUT2D eigenvalue weighted by Crippen LogP contribution is -2.39. The van der Waals surface area contributed by atoms with Gasteiger partial charge in [0.2, 0.25) is 0 Å². The van der Waals surface area contributed by atoms with Crippen LogP contribution < -0.4 is 10.2 Å². The largest absolute Gasteiger partial charge is 0.371 e. The first kappa shape index (κ1) is 16.4. The summed E-state index contributed by atoms with van der Waals surface area (Å²) in [6.07, 6.45) is 3.94. The van der Waals surface area contributed by atoms with E-state index in [1.54, 1.807) is 0 Å². The second-order valence-electron chi connectivity index (χ2n) is 7.30. The molecule has 1 aliphatic heterocycles. The number of benzene rings is 1. The molecule has 0 saturated carbocycles. The summed E-state index contributed by atoms with van der Waals surface area (Å²) >= 11 is 0. The molecule has 118 valence electrons. The standard InChI is InChI=1S/C19H32N2/c1-5-19(4)10-12-21(13-11-19)18-9-7-6-8-17(18)15-20-14-16(2)3/h6-9,16,20H,5,10-15H2,1-4H3. The van der Waals surface area contributed by atoms with Crippen LogP contribution in [0.3, 0.4) is 0 Å². The number of nitrogens with one attached hydrogen (secondary N) is 1. The van der Waals surface area contributed by atoms with E-state index in [0.717, 1.165) is 13.1 Å². The van der Waals surface area contributed by atoms with Gasteiger partial charge in [-0.05, 0) is 42.3 Å². The first-order chi connectivity index (χ1) is 10.0. The summed E-state index contributed by atoms with van der Waals surface area (Å²) in [6, 6.07) is 8.90. The van der Waals surface area contributed by atoms with Crippen LogP contribution in [0.1, 0.15) is 52.5 Å². The van der Waals surface area contributed by atoms with Gasteiger partial charge in [0.15, 0.2) is 0 Å². The van der Waals surface area contributed by atoms with Crippen molar-refractivity contribution >= 4 is 5.69 Å². The first-order valence-corrected chi connectivity index (χ1v) is 8.57. The number of piperidine rings is 1. The topological polar surface area (TPSA) is 15.3 Å². The Morgan fingerprint density at radius 2 is 1.86 bits per heavy atom. The van der Waals surface area contributed by atoms with Crippen LogP contribution >= 0.6 is 0 Å². The number of para-hydroxylation sites is 1. The second-order valence-corrected chi connectivity index (χ2v) is 7.30. The molecule has 1 N–H and O–H groups in total. The lowest BCUT2D eigenvalue weighted by molar-refractivity contribution is 0.238. The number of anilines is 1. The molecule has 2 heteroatoms. The summed E-state index contributed by atoms with van der Waals surface area (Å²) in [6.45, 7) is 13.8. The van der Waals surface area contributed by atoms with Crippen molar-refractivity contribution in [1.29, 1.82) is 0 Å². The van der Waals surface area contributed by atoms with E-state index in [4.69, 9.17) is 0 Å². The minimum atomic E-state index is 0.557. The van der Waals surface area contributed by atoms with E-state index in [1.807, 2.05) is 0 Å². The predicted octanol–water partition coefficient (Wildman–Crippen LogP) is 4.45. The van der Waals surface area contributed by atoms with Gasteiger partial charge in [0.1, 0.15) is 0 Å². The van der Waals surface area contributed by atoms with Crippen LogP contribution in [-0.4, -0.2) is 19.6 Å². The zero-order chi connectivity index (χ0) is 15.3. The highest BCUT2D eigenvalue weighted by Crippen LogP contribution is 2.36. The molecule has 2 nitrogen and oxygen atoms in total. The molecule has 1 heterocycles. The van der Waals surface area contributed by atoms with Crippen molar-refractivity contribution in [3.05, 3.63) is 29.8 Å². The summed E-state index contributed by atoms with van der Waals surface area (Å²) in [5, 5.41) is 3.58. The van der Waals surface area contributed by atoms with Gasteiger partial charge in [0.25, 0.3) is 0 Å². The van der Waals surface area contributed by atoms with Crippen molar-refractivity contribution in [2.45, 2.75) is 53.5 Å². The van der Waals surface area contributed by atoms with Crippen LogP contribution in [0.5, 0.6) is 0 Å². The number of rotatable bonds is 6. The summed E-state index contributed by atoms with van der Waals surface area (Å²) in [5.74, 6) is 0.706. The van der Waals surface area contributed by atoms with Gasteiger partial charge in [-0.3, -0.25) is 0 Å². The zero-order valence-electron chi connectivity index (χ0n) is 14.3. The summed E-state index contributed by atoms with van der Waals surface area (Å²) in [4.78, 5) is 2.59. The quantitative estimate of drug-likeness (QED) is 0.832. The maximum atomic E-state index is 3.58. The van der Waals surface area contributed by atoms with Crippen LogP contribution in [-0.2, 0) is 6.54 Å². The van der Waals surface area contributed by atoms with Crippen LogP contribution in [0.25, 0.3) is 0 Å². The molecule has 21 heavy (non-hydrogen) atoms. The molecule has 0 aromatic heterocycles. The van der Waals surface area contributed by atoms with Gasteiger partial charge in [-0.2, -0.15) is 0 Å². The molecular formula is C19H32N2. The highest BCUT2D eigenvalue weighted by atomic mass is 15.1. The van der Waals surface area contributed by atoms with Crippen molar-refractivity contribution in [1.82, 2.24) is 5.32 Å². The summed E-state index contributed by atoms with van der Waals surface area (Å²) in [7, 11) is 0. The van der Waals surface area contributed by atoms with E-state index < -0.39 is 0 Å². The molecule has 0 bridgehead atoms. The summed E-state index contributed by atoms with van der Waals surface area (Å²) in [5.41, 5.74) is 3.44. The molecule has 0 unspecified atom stereocenters. The van der Waals surface area contributed by atoms with E-state index in [2.05, 4.69) is 62.2 Å². The van der Waals surface area contributed by atoms with E-state index in [9.17, 15) is 0 Å². The van der Waals surface area contributed by atoms with Crippen molar-refractivity contribution in [2.75, 3.05) is 24.5 Å². The minimum absolute atomic E-state index is 0.557. The average molecular weight is 288 g/mol. The third-order valence-electron chi connectivity index (χ3n) is 5.02. The molecule has 2 rings (SSSR count). The molecule has 1 saturated heterocycles. The first-order valence-electron chi connectivity index (χ1n) is 8.57. The van der Waals surface area contributed by atoms with Crippen molar-refractivity contribution in [2.24, 2.45) is 11.3 Å². The molecule has 0 spiro atoms. The summed E-state index contributed by atoms with van der Waals surface area (Å²) < 4.78 is 0. The third kappa shape index (κ3) is 4.47. The molecule has 0 aliphatic carbocycles. The predicted molar refractivity (Wildman–Crippen MR) is 92.8 cm³/mol. The Morgan fingerprint density at radius 1 is 1.19 bits per heavy atom. The second kappa shape index (κ2) is 7.31. The van der Waals surface area contributed by atoms with Crippen LogP contribution in [0.2, 0.25) is 0 Å². The monoisotopic (exact) mass is 288 g/mol. The van der Waals surface area contributed by atoms with Crippen molar-refractivity contribution in [3.8, 4) is 0 Å². The average Bonchev–Trinajstić information content (AvgIpc) is 2.48. The van der Waals surface area contributed by atoms with Crippen molar-refractivity contribution in [3.63, 3.8) is 0 Å². The maximum Gasteiger partial charge on any atom is 0.0411 e. The van der Waals surface area contributed by atoms with Gasteiger partial charge in [-0.25, -0.2) is 0 Å². The molecule has 1 aromatic carbocycles. The van der Waals surface area contributed by atoms with Crippen LogP contribution in [0.15, 0.2) is 24.3 Å². The smallest absolute Gasteiger partial charge is 0.0411 e. The Labute approximate surface area is 130 Å². The minimum Gasteiger partial charge on any atom is -0.371 e. The molecule has 0 radical (unpaired) electrons. The van der Waals surface area contributed by atoms with E-state index >= 15 is 0 Å². The van der Waals surface area contributed by atoms with Crippen LogP contribution in [0.4, 0.5) is 5.69 Å². The van der Waals surface area contributed by atoms with Crippen molar-refractivity contribution < 1.29 is 0 Å². The number of hydrogen-bond donors (Lipinski definition) is 1. The Balaban J connectivity index is 2.00. The van der Waals surface area contributed by atoms with Gasteiger partial charge >= 0.3 is 0 Å². The van der Waals surface area contributed by atoms with Gasteiger partial charge in [-0.15, -0.1) is 0 Å². The van der Waals surface area contributed by atoms with Crippen LogP contribution in [0, 0.1) is 11.3 Å². The highest BCUT2D eigenvalue weighted by molar-refractivity contribution is 5.54. The van der Waals surface area contributed by atoms with Gasteiger partial charge in [0.05, 0.1) is 0 Å². The normalized spacial score (nSPS) is 18.2. The maximum absolute atomic E-state index is 3.58. The number of hydrogen-bond acceptors (Lipinski definition) is 2. The van der Waals surface area contributed by atoms with Gasteiger partial charge in [-0.1, -0.05) is 52.3 Å². The molecule has 0 amide bonds. The molecule has 1 aliphatic rings. The van der Waals surface area contributed by atoms with E-state index in [0.29, 0.717) is 11.3 Å². The Morgan fingerprint density at radius 3 is 2.48 bits per heavy atom. The third-order valence-corrected chi connectivity index (χ3v) is 5.02. The number of nitrogens with zero attached hydrogens (tertiary/aromatic N) is 1. The fraction of sp³-hybridized carbons (Fsp3) is 0.684. The Bertz CT molecular complexity index is 431.